The smallest absolute Gasteiger partial charge is 0.413 e. The second-order valence-corrected chi connectivity index (χ2v) is 4.61. The van der Waals surface area contributed by atoms with Crippen molar-refractivity contribution in [2.45, 2.75) is 6.54 Å². The Morgan fingerprint density at radius 3 is 3.05 bits per heavy atom. The third-order valence-electron chi connectivity index (χ3n) is 2.86. The van der Waals surface area contributed by atoms with Crippen molar-refractivity contribution in [1.82, 2.24) is 15.6 Å². The van der Waals surface area contributed by atoms with Crippen LogP contribution in [0.1, 0.15) is 5.56 Å². The number of hydrogen-bond acceptors (Lipinski definition) is 6. The van der Waals surface area contributed by atoms with Gasteiger partial charge in [0.15, 0.2) is 0 Å². The van der Waals surface area contributed by atoms with E-state index in [0.29, 0.717) is 31.3 Å². The van der Waals surface area contributed by atoms with Gasteiger partial charge in [-0.15, -0.1) is 0 Å². The Hall–Kier alpha value is -2.38. The Kier molecular flexibility index (Phi) is 6.40. The van der Waals surface area contributed by atoms with Crippen molar-refractivity contribution in [3.8, 4) is 0 Å². The Morgan fingerprint density at radius 1 is 1.45 bits per heavy atom. The molecule has 2 rings (SSSR count). The lowest BCUT2D eigenvalue weighted by Crippen LogP contribution is -2.21. The van der Waals surface area contributed by atoms with Gasteiger partial charge in [-0.25, -0.2) is 9.78 Å². The molecule has 22 heavy (non-hydrogen) atoms. The van der Waals surface area contributed by atoms with Crippen LogP contribution >= 0.6 is 0 Å². The molecule has 2 heterocycles. The molecule has 0 saturated carbocycles. The number of anilines is 1. The van der Waals surface area contributed by atoms with Crippen molar-refractivity contribution >= 4 is 11.9 Å². The molecule has 0 atom stereocenters. The van der Waals surface area contributed by atoms with Gasteiger partial charge in [-0.05, 0) is 30.0 Å². The third-order valence-corrected chi connectivity index (χ3v) is 2.86. The lowest BCUT2D eigenvalue weighted by atomic mass is 10.3. The molecule has 0 fully saturated rings. The van der Waals surface area contributed by atoms with Crippen LogP contribution < -0.4 is 16.0 Å². The topological polar surface area (TPSA) is 84.5 Å². The molecule has 0 radical (unpaired) electrons. The van der Waals surface area contributed by atoms with Crippen molar-refractivity contribution in [2.75, 3.05) is 32.1 Å². The van der Waals surface area contributed by atoms with Gasteiger partial charge >= 0.3 is 6.09 Å². The van der Waals surface area contributed by atoms with Crippen LogP contribution in [0.3, 0.4) is 0 Å². The second kappa shape index (κ2) is 8.81. The fourth-order valence-corrected chi connectivity index (χ4v) is 1.77. The number of nitrogens with one attached hydrogen (secondary N) is 3. The van der Waals surface area contributed by atoms with Crippen molar-refractivity contribution < 1.29 is 14.3 Å². The summed E-state index contributed by atoms with van der Waals surface area (Å²) in [5.74, 6) is 1.00. The summed E-state index contributed by atoms with van der Waals surface area (Å²) in [6.45, 7) is 2.63. The summed E-state index contributed by atoms with van der Waals surface area (Å²) in [4.78, 5) is 15.9. The van der Waals surface area contributed by atoms with E-state index in [1.807, 2.05) is 6.07 Å². The number of pyridine rings is 1. The molecular weight excluding hydrogens is 284 g/mol. The quantitative estimate of drug-likeness (QED) is 0.660. The maximum atomic E-state index is 11.7. The Balaban J connectivity index is 1.76. The first-order valence-electron chi connectivity index (χ1n) is 7.00. The average molecular weight is 304 g/mol. The highest BCUT2D eigenvalue weighted by atomic mass is 16.6. The molecule has 0 aromatic carbocycles. The van der Waals surface area contributed by atoms with Crippen LogP contribution in [0.5, 0.6) is 0 Å². The monoisotopic (exact) mass is 304 g/mol. The fourth-order valence-electron chi connectivity index (χ4n) is 1.77. The zero-order valence-electron chi connectivity index (χ0n) is 12.5. The van der Waals surface area contributed by atoms with E-state index >= 15 is 0 Å². The number of carbonyl (C=O) groups excluding carboxylic acids is 1. The van der Waals surface area contributed by atoms with Gasteiger partial charge in [-0.3, -0.25) is 5.32 Å². The van der Waals surface area contributed by atoms with E-state index in [0.717, 1.165) is 12.1 Å². The molecule has 1 aliphatic heterocycles. The lowest BCUT2D eigenvalue weighted by Gasteiger charge is -2.11. The van der Waals surface area contributed by atoms with E-state index in [9.17, 15) is 4.79 Å². The average Bonchev–Trinajstić information content (AvgIpc) is 2.54. The van der Waals surface area contributed by atoms with Gasteiger partial charge < -0.3 is 20.1 Å². The number of hydrogen-bond donors (Lipinski definition) is 3. The third kappa shape index (κ3) is 5.55. The van der Waals surface area contributed by atoms with Crippen LogP contribution in [-0.4, -0.2) is 37.9 Å². The SMILES string of the molecule is COCCNCc1ccc(NC(=O)OC2=CC=CNC2)nc1. The van der Waals surface area contributed by atoms with Gasteiger partial charge in [0, 0.05) is 26.4 Å². The standard InChI is InChI=1S/C15H20N4O3/c1-21-8-7-17-9-12-4-5-14(18-10-12)19-15(20)22-13-3-2-6-16-11-13/h2-6,10,16-17H,7-9,11H2,1H3,(H,18,19,20). The van der Waals surface area contributed by atoms with Crippen LogP contribution in [0.4, 0.5) is 10.6 Å². The predicted molar refractivity (Wildman–Crippen MR) is 83.1 cm³/mol. The van der Waals surface area contributed by atoms with E-state index in [2.05, 4.69) is 20.9 Å². The van der Waals surface area contributed by atoms with Crippen molar-refractivity contribution in [1.29, 1.82) is 0 Å². The maximum absolute atomic E-state index is 11.7. The number of allylic oxidation sites excluding steroid dienone is 2. The van der Waals surface area contributed by atoms with E-state index in [1.54, 1.807) is 37.7 Å². The van der Waals surface area contributed by atoms with Crippen molar-refractivity contribution in [3.05, 3.63) is 48.0 Å². The van der Waals surface area contributed by atoms with Crippen LogP contribution in [0.15, 0.2) is 42.4 Å². The van der Waals surface area contributed by atoms with Crippen LogP contribution in [0.25, 0.3) is 0 Å². The Morgan fingerprint density at radius 2 is 2.36 bits per heavy atom. The number of amides is 1. The largest absolute Gasteiger partial charge is 0.418 e. The summed E-state index contributed by atoms with van der Waals surface area (Å²) in [6.07, 6.45) is 6.45. The van der Waals surface area contributed by atoms with Crippen LogP contribution in [0.2, 0.25) is 0 Å². The molecule has 0 saturated heterocycles. The number of dihydropyridines is 1. The number of ether oxygens (including phenoxy) is 2. The maximum Gasteiger partial charge on any atom is 0.418 e. The van der Waals surface area contributed by atoms with E-state index in [-0.39, 0.29) is 0 Å². The molecule has 0 aliphatic carbocycles. The first-order chi connectivity index (χ1) is 10.8. The van der Waals surface area contributed by atoms with Gasteiger partial charge in [-0.2, -0.15) is 0 Å². The van der Waals surface area contributed by atoms with Gasteiger partial charge in [-0.1, -0.05) is 6.07 Å². The second-order valence-electron chi connectivity index (χ2n) is 4.61. The van der Waals surface area contributed by atoms with Gasteiger partial charge in [0.2, 0.25) is 0 Å². The Bertz CT molecular complexity index is 540. The normalized spacial score (nSPS) is 13.2. The van der Waals surface area contributed by atoms with Gasteiger partial charge in [0.05, 0.1) is 13.2 Å². The molecular formula is C15H20N4O3. The number of carbonyl (C=O) groups is 1. The molecule has 118 valence electrons. The molecule has 0 unspecified atom stereocenters. The lowest BCUT2D eigenvalue weighted by molar-refractivity contribution is 0.189. The summed E-state index contributed by atoms with van der Waals surface area (Å²) in [5.41, 5.74) is 1.03. The molecule has 0 bridgehead atoms. The number of aromatic nitrogens is 1. The van der Waals surface area contributed by atoms with Crippen molar-refractivity contribution in [2.24, 2.45) is 0 Å². The van der Waals surface area contributed by atoms with E-state index < -0.39 is 6.09 Å². The fraction of sp³-hybridized carbons (Fsp3) is 0.333. The zero-order valence-corrected chi connectivity index (χ0v) is 12.5. The molecule has 7 heteroatoms. The minimum absolute atomic E-state index is 0.450. The first-order valence-corrected chi connectivity index (χ1v) is 7.00. The number of nitrogens with zero attached hydrogens (tertiary/aromatic N) is 1. The van der Waals surface area contributed by atoms with Gasteiger partial charge in [0.25, 0.3) is 0 Å². The van der Waals surface area contributed by atoms with Crippen LogP contribution in [-0.2, 0) is 16.0 Å². The van der Waals surface area contributed by atoms with E-state index in [1.165, 1.54) is 0 Å². The molecule has 0 spiro atoms. The minimum Gasteiger partial charge on any atom is -0.413 e. The molecule has 1 aromatic rings. The highest BCUT2D eigenvalue weighted by Crippen LogP contribution is 2.07. The summed E-state index contributed by atoms with van der Waals surface area (Å²) in [5, 5.41) is 8.76. The molecule has 3 N–H and O–H groups in total. The summed E-state index contributed by atoms with van der Waals surface area (Å²) in [7, 11) is 1.67. The number of rotatable bonds is 7. The van der Waals surface area contributed by atoms with Crippen LogP contribution in [0, 0.1) is 0 Å². The minimum atomic E-state index is -0.554. The highest BCUT2D eigenvalue weighted by Gasteiger charge is 2.08. The number of methoxy groups -OCH3 is 1. The summed E-state index contributed by atoms with van der Waals surface area (Å²) < 4.78 is 10.1. The predicted octanol–water partition coefficient (Wildman–Crippen LogP) is 1.37. The van der Waals surface area contributed by atoms with Crippen molar-refractivity contribution in [3.63, 3.8) is 0 Å². The molecule has 1 aliphatic rings. The Labute approximate surface area is 129 Å². The molecule has 7 nitrogen and oxygen atoms in total. The molecule has 1 aromatic heterocycles. The molecule has 1 amide bonds. The summed E-state index contributed by atoms with van der Waals surface area (Å²) in [6, 6.07) is 3.63. The highest BCUT2D eigenvalue weighted by molar-refractivity contribution is 5.84. The van der Waals surface area contributed by atoms with E-state index in [4.69, 9.17) is 9.47 Å². The first kappa shape index (κ1) is 16.0. The summed E-state index contributed by atoms with van der Waals surface area (Å²) >= 11 is 0. The zero-order chi connectivity index (χ0) is 15.6. The van der Waals surface area contributed by atoms with Gasteiger partial charge in [0.1, 0.15) is 11.6 Å².